The molecule has 2 N–H and O–H groups in total. The van der Waals surface area contributed by atoms with Crippen LogP contribution in [0.25, 0.3) is 5.65 Å². The van der Waals surface area contributed by atoms with E-state index < -0.39 is 0 Å². The first-order valence-corrected chi connectivity index (χ1v) is 9.21. The van der Waals surface area contributed by atoms with Crippen LogP contribution in [0.4, 0.5) is 0 Å². The monoisotopic (exact) mass is 436 g/mol. The molecule has 3 aromatic heterocycles. The molecule has 8 nitrogen and oxygen atoms in total. The number of halogens is 2. The zero-order valence-corrected chi connectivity index (χ0v) is 17.2. The smallest absolute Gasteiger partial charge is 0.263 e. The van der Waals surface area contributed by atoms with E-state index in [-0.39, 0.29) is 48.4 Å². The first-order valence-electron chi connectivity index (χ1n) is 9.21. The van der Waals surface area contributed by atoms with E-state index in [1.807, 2.05) is 24.3 Å². The fourth-order valence-corrected chi connectivity index (χ4v) is 4.26. The number of piperidine rings is 1. The van der Waals surface area contributed by atoms with Crippen LogP contribution in [0.3, 0.4) is 0 Å². The van der Waals surface area contributed by atoms with Crippen molar-refractivity contribution >= 4 is 36.4 Å². The van der Waals surface area contributed by atoms with E-state index in [0.29, 0.717) is 18.4 Å². The summed E-state index contributed by atoms with van der Waals surface area (Å²) in [5.74, 6) is 0.450. The lowest BCUT2D eigenvalue weighted by atomic mass is 9.84. The molecule has 5 rings (SSSR count). The summed E-state index contributed by atoms with van der Waals surface area (Å²) in [5, 5.41) is 10.4. The number of carbonyl (C=O) groups is 1. The van der Waals surface area contributed by atoms with E-state index in [1.165, 1.54) is 6.33 Å². The summed E-state index contributed by atoms with van der Waals surface area (Å²) in [6.45, 7) is 2.77. The van der Waals surface area contributed by atoms with Crippen molar-refractivity contribution in [3.05, 3.63) is 64.0 Å². The molecule has 0 spiro atoms. The number of pyridine rings is 2. The van der Waals surface area contributed by atoms with Crippen LogP contribution >= 0.6 is 24.8 Å². The summed E-state index contributed by atoms with van der Waals surface area (Å²) in [5.41, 5.74) is 2.55. The van der Waals surface area contributed by atoms with E-state index in [1.54, 1.807) is 15.1 Å². The summed E-state index contributed by atoms with van der Waals surface area (Å²) in [6.07, 6.45) is 2.59. The van der Waals surface area contributed by atoms with Crippen molar-refractivity contribution in [2.75, 3.05) is 13.1 Å². The Morgan fingerprint density at radius 1 is 1.21 bits per heavy atom. The second-order valence-electron chi connectivity index (χ2n) is 7.27. The Kier molecular flexibility index (Phi) is 6.26. The highest BCUT2D eigenvalue weighted by molar-refractivity contribution is 5.93. The Morgan fingerprint density at radius 2 is 2.07 bits per heavy atom. The lowest BCUT2D eigenvalue weighted by molar-refractivity contribution is 0.0947. The summed E-state index contributed by atoms with van der Waals surface area (Å²) < 4.78 is 3.47. The normalized spacial score (nSPS) is 19.6. The van der Waals surface area contributed by atoms with Gasteiger partial charge >= 0.3 is 0 Å². The van der Waals surface area contributed by atoms with Crippen molar-refractivity contribution in [3.8, 4) is 0 Å². The number of nitrogens with zero attached hydrogens (tertiary/aromatic N) is 4. The molecule has 0 unspecified atom stereocenters. The first-order chi connectivity index (χ1) is 13.2. The summed E-state index contributed by atoms with van der Waals surface area (Å²) in [6, 6.07) is 9.18. The van der Waals surface area contributed by atoms with Gasteiger partial charge < -0.3 is 15.2 Å². The molecule has 0 radical (unpaired) electrons. The molecule has 0 saturated carbocycles. The van der Waals surface area contributed by atoms with Gasteiger partial charge in [-0.1, -0.05) is 6.07 Å². The lowest BCUT2D eigenvalue weighted by Gasteiger charge is -2.37. The van der Waals surface area contributed by atoms with Crippen molar-refractivity contribution in [1.82, 2.24) is 29.8 Å². The van der Waals surface area contributed by atoms with E-state index in [9.17, 15) is 9.59 Å². The van der Waals surface area contributed by atoms with E-state index >= 15 is 0 Å². The molecule has 3 aromatic rings. The molecule has 0 aliphatic carbocycles. The number of aromatic nitrogens is 4. The maximum Gasteiger partial charge on any atom is 0.263 e. The van der Waals surface area contributed by atoms with E-state index in [4.69, 9.17) is 0 Å². The predicted molar refractivity (Wildman–Crippen MR) is 113 cm³/mol. The Hall–Kier alpha value is -2.42. The summed E-state index contributed by atoms with van der Waals surface area (Å²) >= 11 is 0. The average Bonchev–Trinajstić information content (AvgIpc) is 3.17. The fraction of sp³-hybridized carbons (Fsp3) is 0.368. The maximum absolute atomic E-state index is 12.9. The second kappa shape index (κ2) is 8.52. The third-order valence-electron chi connectivity index (χ3n) is 5.56. The van der Waals surface area contributed by atoms with Crippen LogP contribution in [-0.2, 0) is 13.1 Å². The molecule has 5 heterocycles. The average molecular weight is 437 g/mol. The molecule has 2 aliphatic heterocycles. The van der Waals surface area contributed by atoms with Gasteiger partial charge in [0.05, 0.1) is 12.2 Å². The molecule has 29 heavy (non-hydrogen) atoms. The Labute approximate surface area is 179 Å². The third kappa shape index (κ3) is 3.75. The van der Waals surface area contributed by atoms with Crippen LogP contribution in [0.15, 0.2) is 41.5 Å². The van der Waals surface area contributed by atoms with Gasteiger partial charge in [0, 0.05) is 24.7 Å². The molecule has 1 fully saturated rings. The van der Waals surface area contributed by atoms with Crippen LogP contribution in [0, 0.1) is 5.92 Å². The van der Waals surface area contributed by atoms with Gasteiger partial charge in [0.15, 0.2) is 5.65 Å². The minimum Gasteiger partial charge on any atom is -0.346 e. The van der Waals surface area contributed by atoms with Crippen LogP contribution in [-0.4, -0.2) is 38.2 Å². The number of rotatable bonds is 3. The van der Waals surface area contributed by atoms with Gasteiger partial charge in [0.25, 0.3) is 11.5 Å². The number of hydrogen-bond acceptors (Lipinski definition) is 5. The van der Waals surface area contributed by atoms with Crippen LogP contribution < -0.4 is 16.2 Å². The lowest BCUT2D eigenvalue weighted by Crippen LogP contribution is -2.46. The minimum absolute atomic E-state index is 0. The van der Waals surface area contributed by atoms with Gasteiger partial charge in [0.2, 0.25) is 0 Å². The Balaban J connectivity index is 0.00000120. The number of carbonyl (C=O) groups excluding carboxylic acids is 1. The van der Waals surface area contributed by atoms with Gasteiger partial charge in [-0.25, -0.2) is 9.50 Å². The molecule has 2 aliphatic rings. The zero-order valence-electron chi connectivity index (χ0n) is 15.6. The van der Waals surface area contributed by atoms with E-state index in [2.05, 4.69) is 20.7 Å². The van der Waals surface area contributed by atoms with Crippen LogP contribution in [0.2, 0.25) is 0 Å². The van der Waals surface area contributed by atoms with Gasteiger partial charge in [-0.15, -0.1) is 24.8 Å². The predicted octanol–water partition coefficient (Wildman–Crippen LogP) is 1.37. The van der Waals surface area contributed by atoms with Crippen molar-refractivity contribution in [2.24, 2.45) is 5.92 Å². The Morgan fingerprint density at radius 3 is 2.93 bits per heavy atom. The number of amides is 1. The maximum atomic E-state index is 12.9. The molecule has 2 atom stereocenters. The second-order valence-corrected chi connectivity index (χ2v) is 7.27. The van der Waals surface area contributed by atoms with Gasteiger partial charge in [-0.05, 0) is 43.1 Å². The van der Waals surface area contributed by atoms with E-state index in [0.717, 1.165) is 36.5 Å². The standard InChI is InChI=1S/C19H20N6O2.2ClH/c26-18(21-9-14-2-1-3-17-22-11-23-25(14)17)15-4-5-16-13-6-12(7-20-8-13)10-24(16)19(15)27;;/h1-5,11-13,20H,6-10H2,(H,21,26);2*1H/t12-,13+;;/m0../s1. The summed E-state index contributed by atoms with van der Waals surface area (Å²) in [7, 11) is 0. The fourth-order valence-electron chi connectivity index (χ4n) is 4.26. The number of fused-ring (bicyclic) bond motifs is 5. The van der Waals surface area contributed by atoms with Crippen LogP contribution in [0.1, 0.15) is 34.1 Å². The number of nitrogens with one attached hydrogen (secondary N) is 2. The van der Waals surface area contributed by atoms with Gasteiger partial charge in [-0.3, -0.25) is 9.59 Å². The van der Waals surface area contributed by atoms with Crippen molar-refractivity contribution in [1.29, 1.82) is 0 Å². The quantitative estimate of drug-likeness (QED) is 0.646. The molecule has 1 saturated heterocycles. The molecule has 154 valence electrons. The number of hydrogen-bond donors (Lipinski definition) is 2. The first kappa shape index (κ1) is 21.3. The molecule has 0 aromatic carbocycles. The Bertz CT molecular complexity index is 1100. The molecular weight excluding hydrogens is 415 g/mol. The highest BCUT2D eigenvalue weighted by atomic mass is 35.5. The largest absolute Gasteiger partial charge is 0.346 e. The SMILES string of the molecule is Cl.Cl.O=C(NCc1cccc2ncnn12)c1ccc2n(c1=O)C[C@@H]1CNC[C@H]2C1. The van der Waals surface area contributed by atoms with Crippen molar-refractivity contribution in [2.45, 2.75) is 25.4 Å². The van der Waals surface area contributed by atoms with Crippen molar-refractivity contribution in [3.63, 3.8) is 0 Å². The topological polar surface area (TPSA) is 93.3 Å². The molecule has 1 amide bonds. The zero-order chi connectivity index (χ0) is 18.4. The van der Waals surface area contributed by atoms with Gasteiger partial charge in [-0.2, -0.15) is 5.10 Å². The summed E-state index contributed by atoms with van der Waals surface area (Å²) in [4.78, 5) is 29.7. The highest BCUT2D eigenvalue weighted by Gasteiger charge is 2.31. The highest BCUT2D eigenvalue weighted by Crippen LogP contribution is 2.31. The molecule has 2 bridgehead atoms. The molecule has 10 heteroatoms. The minimum atomic E-state index is -0.360. The van der Waals surface area contributed by atoms with Crippen LogP contribution in [0.5, 0.6) is 0 Å². The van der Waals surface area contributed by atoms with Gasteiger partial charge in [0.1, 0.15) is 11.9 Å². The third-order valence-corrected chi connectivity index (χ3v) is 5.56. The molecular formula is C19H22Cl2N6O2. The van der Waals surface area contributed by atoms with Crippen molar-refractivity contribution < 1.29 is 4.79 Å².